The molecule has 0 amide bonds. The van der Waals surface area contributed by atoms with Gasteiger partial charge in [-0.05, 0) is 32.1 Å². The van der Waals surface area contributed by atoms with Gasteiger partial charge in [0.25, 0.3) is 0 Å². The van der Waals surface area contributed by atoms with E-state index < -0.39 is 0 Å². The van der Waals surface area contributed by atoms with Gasteiger partial charge in [0.1, 0.15) is 0 Å². The zero-order valence-electron chi connectivity index (χ0n) is 7.86. The molecular weight excluding hydrogens is 134 g/mol. The van der Waals surface area contributed by atoms with Crippen molar-refractivity contribution in [3.05, 3.63) is 0 Å². The van der Waals surface area contributed by atoms with Crippen LogP contribution in [0.15, 0.2) is 0 Å². The second-order valence-electron chi connectivity index (χ2n) is 3.77. The highest BCUT2D eigenvalue weighted by atomic mass is 15.1. The Kier molecular flexibility index (Phi) is 4.60. The second-order valence-corrected chi connectivity index (χ2v) is 3.77. The Labute approximate surface area is 70.8 Å². The number of nitrogens with one attached hydrogen (secondary N) is 1. The van der Waals surface area contributed by atoms with Gasteiger partial charge in [0.2, 0.25) is 0 Å². The summed E-state index contributed by atoms with van der Waals surface area (Å²) in [5.74, 6) is 0. The van der Waals surface area contributed by atoms with Gasteiger partial charge in [-0.3, -0.25) is 0 Å². The van der Waals surface area contributed by atoms with Gasteiger partial charge < -0.3 is 4.90 Å². The first kappa shape index (κ1) is 9.05. The van der Waals surface area contributed by atoms with Crippen LogP contribution < -0.4 is 4.90 Å². The molecule has 0 radical (unpaired) electrons. The summed E-state index contributed by atoms with van der Waals surface area (Å²) in [7, 11) is 0. The Morgan fingerprint density at radius 1 is 1.00 bits per heavy atom. The van der Waals surface area contributed by atoms with Gasteiger partial charge >= 0.3 is 0 Å². The number of likely N-dealkylation sites (tertiary alicyclic amines) is 1. The third-order valence-corrected chi connectivity index (χ3v) is 2.69. The largest absolute Gasteiger partial charge is 0.335 e. The first-order valence-electron chi connectivity index (χ1n) is 5.27. The van der Waals surface area contributed by atoms with Gasteiger partial charge in [-0.15, -0.1) is 0 Å². The molecular formula is C10H22N+. The first-order valence-corrected chi connectivity index (χ1v) is 5.27. The lowest BCUT2D eigenvalue weighted by atomic mass is 10.2. The van der Waals surface area contributed by atoms with Gasteiger partial charge in [0.05, 0.1) is 19.6 Å². The lowest BCUT2D eigenvalue weighted by Crippen LogP contribution is -3.11. The van der Waals surface area contributed by atoms with Crippen molar-refractivity contribution >= 4 is 0 Å². The fourth-order valence-corrected chi connectivity index (χ4v) is 1.91. The predicted octanol–water partition coefficient (Wildman–Crippen LogP) is 1.25. The van der Waals surface area contributed by atoms with E-state index in [-0.39, 0.29) is 0 Å². The van der Waals surface area contributed by atoms with Gasteiger partial charge in [0, 0.05) is 0 Å². The first-order chi connectivity index (χ1) is 5.43. The van der Waals surface area contributed by atoms with E-state index in [1.54, 1.807) is 0 Å². The van der Waals surface area contributed by atoms with Crippen LogP contribution >= 0.6 is 0 Å². The summed E-state index contributed by atoms with van der Waals surface area (Å²) >= 11 is 0. The molecule has 66 valence electrons. The van der Waals surface area contributed by atoms with Crippen molar-refractivity contribution in [2.45, 2.75) is 45.4 Å². The van der Waals surface area contributed by atoms with Crippen LogP contribution in [0.4, 0.5) is 0 Å². The van der Waals surface area contributed by atoms with Crippen molar-refractivity contribution in [1.29, 1.82) is 0 Å². The summed E-state index contributed by atoms with van der Waals surface area (Å²) < 4.78 is 0. The van der Waals surface area contributed by atoms with Crippen molar-refractivity contribution in [2.75, 3.05) is 19.6 Å². The zero-order chi connectivity index (χ0) is 7.94. The molecule has 0 bridgehead atoms. The van der Waals surface area contributed by atoms with E-state index in [0.29, 0.717) is 0 Å². The summed E-state index contributed by atoms with van der Waals surface area (Å²) in [6.07, 6.45) is 8.70. The highest BCUT2D eigenvalue weighted by Crippen LogP contribution is 1.99. The lowest BCUT2D eigenvalue weighted by Gasteiger charge is -2.15. The minimum Gasteiger partial charge on any atom is -0.335 e. The summed E-state index contributed by atoms with van der Waals surface area (Å²) in [4.78, 5) is 1.87. The zero-order valence-corrected chi connectivity index (χ0v) is 7.86. The molecule has 0 unspecified atom stereocenters. The monoisotopic (exact) mass is 156 g/mol. The van der Waals surface area contributed by atoms with E-state index in [2.05, 4.69) is 6.92 Å². The molecule has 0 atom stereocenters. The lowest BCUT2D eigenvalue weighted by molar-refractivity contribution is -0.899. The average molecular weight is 156 g/mol. The van der Waals surface area contributed by atoms with Crippen molar-refractivity contribution in [2.24, 2.45) is 0 Å². The summed E-state index contributed by atoms with van der Waals surface area (Å²) in [6, 6.07) is 0. The Morgan fingerprint density at radius 2 is 1.64 bits per heavy atom. The molecule has 1 N–H and O–H groups in total. The molecule has 1 aliphatic rings. The Hall–Kier alpha value is -0.0400. The maximum atomic E-state index is 2.29. The van der Waals surface area contributed by atoms with Crippen molar-refractivity contribution in [1.82, 2.24) is 0 Å². The third kappa shape index (κ3) is 3.76. The minimum absolute atomic E-state index is 1.36. The number of quaternary nitrogens is 1. The molecule has 0 spiro atoms. The summed E-state index contributed by atoms with van der Waals surface area (Å²) in [6.45, 7) is 6.60. The standard InChI is InChI=1S/C10H21N/c1-2-3-8-11-9-6-4-5-7-10-11/h2-10H2,1H3/p+1. The normalized spacial score (nSPS) is 21.5. The summed E-state index contributed by atoms with van der Waals surface area (Å²) in [5.41, 5.74) is 0. The van der Waals surface area contributed by atoms with Crippen LogP contribution in [0, 0.1) is 0 Å². The van der Waals surface area contributed by atoms with Crippen LogP contribution in [-0.2, 0) is 0 Å². The molecule has 0 aliphatic carbocycles. The molecule has 1 nitrogen and oxygen atoms in total. The fourth-order valence-electron chi connectivity index (χ4n) is 1.91. The molecule has 0 aromatic rings. The van der Waals surface area contributed by atoms with Crippen molar-refractivity contribution in [3.8, 4) is 0 Å². The maximum absolute atomic E-state index is 2.29. The number of hydrogen-bond donors (Lipinski definition) is 1. The molecule has 1 rings (SSSR count). The van der Waals surface area contributed by atoms with E-state index in [4.69, 9.17) is 0 Å². The van der Waals surface area contributed by atoms with E-state index in [1.807, 2.05) is 4.90 Å². The SMILES string of the molecule is CCCC[NH+]1CCCCCC1. The molecule has 0 aromatic carbocycles. The van der Waals surface area contributed by atoms with Gasteiger partial charge in [-0.1, -0.05) is 13.3 Å². The number of rotatable bonds is 3. The summed E-state index contributed by atoms with van der Waals surface area (Å²) in [5, 5.41) is 0. The second kappa shape index (κ2) is 5.59. The van der Waals surface area contributed by atoms with Crippen LogP contribution in [-0.4, -0.2) is 19.6 Å². The average Bonchev–Trinajstić information content (AvgIpc) is 2.28. The quantitative estimate of drug-likeness (QED) is 0.627. The molecule has 1 heteroatoms. The van der Waals surface area contributed by atoms with Crippen molar-refractivity contribution in [3.63, 3.8) is 0 Å². The predicted molar refractivity (Wildman–Crippen MR) is 48.9 cm³/mol. The highest BCUT2D eigenvalue weighted by Gasteiger charge is 2.10. The van der Waals surface area contributed by atoms with Crippen molar-refractivity contribution < 1.29 is 4.90 Å². The van der Waals surface area contributed by atoms with Crippen LogP contribution in [0.3, 0.4) is 0 Å². The topological polar surface area (TPSA) is 4.44 Å². The maximum Gasteiger partial charge on any atom is 0.0770 e. The molecule has 1 fully saturated rings. The van der Waals surface area contributed by atoms with E-state index in [0.717, 1.165) is 0 Å². The van der Waals surface area contributed by atoms with E-state index >= 15 is 0 Å². The Bertz CT molecular complexity index is 82.9. The van der Waals surface area contributed by atoms with Crippen LogP contribution in [0.2, 0.25) is 0 Å². The Balaban J connectivity index is 2.09. The Morgan fingerprint density at radius 3 is 2.18 bits per heavy atom. The molecule has 1 aliphatic heterocycles. The minimum atomic E-state index is 1.36. The molecule has 0 aromatic heterocycles. The van der Waals surface area contributed by atoms with E-state index in [1.165, 1.54) is 58.2 Å². The number of unbranched alkanes of at least 4 members (excludes halogenated alkanes) is 1. The van der Waals surface area contributed by atoms with Gasteiger partial charge in [0.15, 0.2) is 0 Å². The fraction of sp³-hybridized carbons (Fsp3) is 1.00. The highest BCUT2D eigenvalue weighted by molar-refractivity contribution is 4.46. The third-order valence-electron chi connectivity index (χ3n) is 2.69. The van der Waals surface area contributed by atoms with Crippen LogP contribution in [0.1, 0.15) is 45.4 Å². The smallest absolute Gasteiger partial charge is 0.0770 e. The van der Waals surface area contributed by atoms with Gasteiger partial charge in [-0.2, -0.15) is 0 Å². The molecule has 11 heavy (non-hydrogen) atoms. The van der Waals surface area contributed by atoms with Crippen LogP contribution in [0.25, 0.3) is 0 Å². The van der Waals surface area contributed by atoms with Crippen LogP contribution in [0.5, 0.6) is 0 Å². The van der Waals surface area contributed by atoms with Gasteiger partial charge in [-0.25, -0.2) is 0 Å². The molecule has 0 saturated carbocycles. The van der Waals surface area contributed by atoms with E-state index in [9.17, 15) is 0 Å². The molecule has 1 heterocycles. The molecule has 1 saturated heterocycles. The number of hydrogen-bond acceptors (Lipinski definition) is 0.